The second-order valence-corrected chi connectivity index (χ2v) is 3.72. The van der Waals surface area contributed by atoms with E-state index in [0.717, 1.165) is 5.56 Å². The van der Waals surface area contributed by atoms with Gasteiger partial charge in [-0.05, 0) is 43.9 Å². The van der Waals surface area contributed by atoms with Crippen molar-refractivity contribution >= 4 is 5.69 Å². The van der Waals surface area contributed by atoms with Gasteiger partial charge in [-0.3, -0.25) is 0 Å². The maximum Gasteiger partial charge on any atom is 0.0368 e. The van der Waals surface area contributed by atoms with Crippen molar-refractivity contribution in [1.29, 1.82) is 0 Å². The number of hydrogen-bond acceptors (Lipinski definition) is 1. The van der Waals surface area contributed by atoms with E-state index in [2.05, 4.69) is 30.0 Å². The van der Waals surface area contributed by atoms with E-state index < -0.39 is 0 Å². The summed E-state index contributed by atoms with van der Waals surface area (Å²) in [7, 11) is 0. The maximum atomic E-state index is 3.95. The summed E-state index contributed by atoms with van der Waals surface area (Å²) in [5.74, 6) is 0. The van der Waals surface area contributed by atoms with Gasteiger partial charge in [-0.1, -0.05) is 12.1 Å². The van der Waals surface area contributed by atoms with Crippen molar-refractivity contribution in [3.8, 4) is 0 Å². The van der Waals surface area contributed by atoms with Crippen LogP contribution in [0.2, 0.25) is 0 Å². The van der Waals surface area contributed by atoms with Gasteiger partial charge in [0.15, 0.2) is 0 Å². The fraction of sp³-hybridized carbons (Fsp3) is 0.417. The first-order chi connectivity index (χ1) is 6.36. The van der Waals surface area contributed by atoms with Crippen molar-refractivity contribution in [1.82, 2.24) is 0 Å². The van der Waals surface area contributed by atoms with Gasteiger partial charge < -0.3 is 4.90 Å². The smallest absolute Gasteiger partial charge is 0.0368 e. The third-order valence-electron chi connectivity index (χ3n) is 2.63. The van der Waals surface area contributed by atoms with Crippen LogP contribution < -0.4 is 4.90 Å². The largest absolute Gasteiger partial charge is 0.372 e. The van der Waals surface area contributed by atoms with E-state index in [4.69, 9.17) is 0 Å². The SMILES string of the molecule is [CH2]c1cccc(N2CCCCC2)c1. The Labute approximate surface area is 80.4 Å². The van der Waals surface area contributed by atoms with Crippen LogP contribution in [0.25, 0.3) is 0 Å². The fourth-order valence-electron chi connectivity index (χ4n) is 1.91. The molecule has 1 aliphatic rings. The summed E-state index contributed by atoms with van der Waals surface area (Å²) < 4.78 is 0. The van der Waals surface area contributed by atoms with Gasteiger partial charge in [0.1, 0.15) is 0 Å². The molecule has 13 heavy (non-hydrogen) atoms. The van der Waals surface area contributed by atoms with E-state index in [1.807, 2.05) is 6.07 Å². The molecule has 0 atom stereocenters. The summed E-state index contributed by atoms with van der Waals surface area (Å²) in [5.41, 5.74) is 2.45. The number of nitrogens with zero attached hydrogens (tertiary/aromatic N) is 1. The van der Waals surface area contributed by atoms with Gasteiger partial charge in [0.25, 0.3) is 0 Å². The van der Waals surface area contributed by atoms with E-state index >= 15 is 0 Å². The van der Waals surface area contributed by atoms with Crippen molar-refractivity contribution in [2.24, 2.45) is 0 Å². The fourth-order valence-corrected chi connectivity index (χ4v) is 1.91. The average Bonchev–Trinajstić information content (AvgIpc) is 2.19. The first-order valence-corrected chi connectivity index (χ1v) is 5.03. The monoisotopic (exact) mass is 174 g/mol. The molecule has 69 valence electrons. The molecule has 1 heterocycles. The van der Waals surface area contributed by atoms with Gasteiger partial charge in [0.2, 0.25) is 0 Å². The highest BCUT2D eigenvalue weighted by atomic mass is 15.1. The molecule has 1 saturated heterocycles. The number of anilines is 1. The van der Waals surface area contributed by atoms with Crippen molar-refractivity contribution in [2.45, 2.75) is 19.3 Å². The molecule has 0 bridgehead atoms. The van der Waals surface area contributed by atoms with Crippen molar-refractivity contribution in [3.63, 3.8) is 0 Å². The molecule has 1 aromatic carbocycles. The van der Waals surface area contributed by atoms with Crippen LogP contribution in [0, 0.1) is 6.92 Å². The van der Waals surface area contributed by atoms with Crippen LogP contribution in [0.3, 0.4) is 0 Å². The molecule has 0 N–H and O–H groups in total. The van der Waals surface area contributed by atoms with Crippen LogP contribution in [0.5, 0.6) is 0 Å². The lowest BCUT2D eigenvalue weighted by Crippen LogP contribution is -2.29. The quantitative estimate of drug-likeness (QED) is 0.632. The zero-order chi connectivity index (χ0) is 9.10. The standard InChI is InChI=1S/C12H16N/c1-11-6-5-7-12(10-11)13-8-3-2-4-9-13/h5-7,10H,1-4,8-9H2. The molecule has 0 amide bonds. The Morgan fingerprint density at radius 3 is 2.54 bits per heavy atom. The minimum Gasteiger partial charge on any atom is -0.372 e. The number of benzene rings is 1. The summed E-state index contributed by atoms with van der Waals surface area (Å²) in [6.45, 7) is 6.37. The Morgan fingerprint density at radius 1 is 1.08 bits per heavy atom. The van der Waals surface area contributed by atoms with Crippen molar-refractivity contribution in [3.05, 3.63) is 36.8 Å². The normalized spacial score (nSPS) is 17.5. The summed E-state index contributed by atoms with van der Waals surface area (Å²) in [6, 6.07) is 8.49. The molecule has 0 unspecified atom stereocenters. The molecule has 1 heteroatoms. The number of rotatable bonds is 1. The number of hydrogen-bond donors (Lipinski definition) is 0. The minimum atomic E-state index is 1.11. The van der Waals surface area contributed by atoms with Gasteiger partial charge in [0.05, 0.1) is 0 Å². The molecule has 1 aromatic rings. The van der Waals surface area contributed by atoms with Gasteiger partial charge in [-0.25, -0.2) is 0 Å². The zero-order valence-electron chi connectivity index (χ0n) is 8.00. The maximum absolute atomic E-state index is 3.95. The summed E-state index contributed by atoms with van der Waals surface area (Å²) in [5, 5.41) is 0. The lowest BCUT2D eigenvalue weighted by atomic mass is 10.1. The molecule has 0 aromatic heterocycles. The topological polar surface area (TPSA) is 3.24 Å². The highest BCUT2D eigenvalue weighted by molar-refractivity contribution is 5.49. The van der Waals surface area contributed by atoms with E-state index in [-0.39, 0.29) is 0 Å². The van der Waals surface area contributed by atoms with Gasteiger partial charge in [0, 0.05) is 18.8 Å². The molecule has 1 aliphatic heterocycles. The molecule has 0 aliphatic carbocycles. The molecule has 0 saturated carbocycles. The van der Waals surface area contributed by atoms with Crippen LogP contribution in [0.1, 0.15) is 24.8 Å². The Morgan fingerprint density at radius 2 is 1.85 bits per heavy atom. The molecule has 1 nitrogen and oxygen atoms in total. The third-order valence-corrected chi connectivity index (χ3v) is 2.63. The summed E-state index contributed by atoms with van der Waals surface area (Å²) >= 11 is 0. The van der Waals surface area contributed by atoms with E-state index in [1.54, 1.807) is 0 Å². The Kier molecular flexibility index (Phi) is 2.53. The molecule has 1 fully saturated rings. The Balaban J connectivity index is 2.14. The molecule has 0 spiro atoms. The molecule has 2 rings (SSSR count). The summed E-state index contributed by atoms with van der Waals surface area (Å²) in [6.07, 6.45) is 4.06. The third kappa shape index (κ3) is 2.03. The Bertz CT molecular complexity index is 274. The van der Waals surface area contributed by atoms with Crippen molar-refractivity contribution in [2.75, 3.05) is 18.0 Å². The van der Waals surface area contributed by atoms with Gasteiger partial charge in [-0.15, -0.1) is 0 Å². The zero-order valence-corrected chi connectivity index (χ0v) is 8.00. The highest BCUT2D eigenvalue weighted by Gasteiger charge is 2.09. The van der Waals surface area contributed by atoms with Crippen LogP contribution in [-0.2, 0) is 0 Å². The highest BCUT2D eigenvalue weighted by Crippen LogP contribution is 2.20. The van der Waals surface area contributed by atoms with E-state index in [1.165, 1.54) is 38.0 Å². The lowest BCUT2D eigenvalue weighted by Gasteiger charge is -2.28. The van der Waals surface area contributed by atoms with Crippen molar-refractivity contribution < 1.29 is 0 Å². The van der Waals surface area contributed by atoms with E-state index in [9.17, 15) is 0 Å². The summed E-state index contributed by atoms with van der Waals surface area (Å²) in [4.78, 5) is 2.46. The van der Waals surface area contributed by atoms with Crippen LogP contribution in [0.15, 0.2) is 24.3 Å². The predicted molar refractivity (Wildman–Crippen MR) is 57.0 cm³/mol. The lowest BCUT2D eigenvalue weighted by molar-refractivity contribution is 0.578. The van der Waals surface area contributed by atoms with Crippen LogP contribution >= 0.6 is 0 Å². The van der Waals surface area contributed by atoms with Crippen LogP contribution in [0.4, 0.5) is 5.69 Å². The minimum absolute atomic E-state index is 1.11. The molecule has 1 radical (unpaired) electrons. The predicted octanol–water partition coefficient (Wildman–Crippen LogP) is 2.86. The first-order valence-electron chi connectivity index (χ1n) is 5.03. The number of piperidine rings is 1. The first kappa shape index (κ1) is 8.61. The van der Waals surface area contributed by atoms with E-state index in [0.29, 0.717) is 0 Å². The second kappa shape index (κ2) is 3.82. The van der Waals surface area contributed by atoms with Gasteiger partial charge >= 0.3 is 0 Å². The van der Waals surface area contributed by atoms with Crippen LogP contribution in [-0.4, -0.2) is 13.1 Å². The second-order valence-electron chi connectivity index (χ2n) is 3.72. The molecular formula is C12H16N. The average molecular weight is 174 g/mol. The Hall–Kier alpha value is -0.980. The van der Waals surface area contributed by atoms with Gasteiger partial charge in [-0.2, -0.15) is 0 Å². The molecular weight excluding hydrogens is 158 g/mol.